The molecule has 0 aliphatic rings. The van der Waals surface area contributed by atoms with Crippen molar-refractivity contribution in [1.29, 1.82) is 0 Å². The van der Waals surface area contributed by atoms with Crippen LogP contribution in [0, 0.1) is 0 Å². The van der Waals surface area contributed by atoms with E-state index < -0.39 is 0 Å². The van der Waals surface area contributed by atoms with Crippen molar-refractivity contribution < 1.29 is 15.0 Å². The van der Waals surface area contributed by atoms with Crippen LogP contribution in [0.4, 0.5) is 0 Å². The minimum Gasteiger partial charge on any atom is -0.508 e. The van der Waals surface area contributed by atoms with Crippen LogP contribution < -0.4 is 0 Å². The standard InChI is InChI=1S/C19H15N3O3S2/c1-22-18(11-6-8-12(23)9-7-11)20-21-19(22)26-10-14(24)17-16(25)13-4-2-3-5-15(13)27-17/h2-9,23,25H,10H2,1H3. The third-order valence-corrected chi connectivity index (χ3v) is 6.34. The molecule has 0 radical (unpaired) electrons. The van der Waals surface area contributed by atoms with Crippen molar-refractivity contribution in [3.8, 4) is 22.9 Å². The molecule has 0 aliphatic heterocycles. The van der Waals surface area contributed by atoms with Crippen molar-refractivity contribution in [2.75, 3.05) is 5.75 Å². The van der Waals surface area contributed by atoms with Crippen LogP contribution in [0.1, 0.15) is 9.67 Å². The number of ketones is 1. The number of carbonyl (C=O) groups is 1. The molecule has 4 rings (SSSR count). The number of aromatic hydroxyl groups is 2. The zero-order valence-corrected chi connectivity index (χ0v) is 15.9. The van der Waals surface area contributed by atoms with Gasteiger partial charge < -0.3 is 14.8 Å². The molecule has 0 unspecified atom stereocenters. The minimum absolute atomic E-state index is 0.0453. The lowest BCUT2D eigenvalue weighted by Gasteiger charge is -2.04. The number of hydrogen-bond acceptors (Lipinski definition) is 7. The Hall–Kier alpha value is -2.84. The second kappa shape index (κ2) is 7.05. The quantitative estimate of drug-likeness (QED) is 0.390. The summed E-state index contributed by atoms with van der Waals surface area (Å²) in [5, 5.41) is 29.3. The SMILES string of the molecule is Cn1c(SCC(=O)c2sc3ccccc3c2O)nnc1-c1ccc(O)cc1. The van der Waals surface area contributed by atoms with Gasteiger partial charge in [-0.1, -0.05) is 23.9 Å². The van der Waals surface area contributed by atoms with Gasteiger partial charge in [0.15, 0.2) is 16.8 Å². The molecule has 0 aliphatic carbocycles. The fourth-order valence-corrected chi connectivity index (χ4v) is 4.63. The van der Waals surface area contributed by atoms with Crippen LogP contribution in [0.5, 0.6) is 11.5 Å². The summed E-state index contributed by atoms with van der Waals surface area (Å²) in [6.07, 6.45) is 0. The Balaban J connectivity index is 1.52. The Kier molecular flexibility index (Phi) is 4.59. The van der Waals surface area contributed by atoms with Crippen LogP contribution >= 0.6 is 23.1 Å². The van der Waals surface area contributed by atoms with E-state index in [9.17, 15) is 15.0 Å². The first-order chi connectivity index (χ1) is 13.0. The van der Waals surface area contributed by atoms with E-state index in [1.54, 1.807) is 34.9 Å². The molecule has 0 amide bonds. The van der Waals surface area contributed by atoms with Gasteiger partial charge >= 0.3 is 0 Å². The van der Waals surface area contributed by atoms with E-state index in [-0.39, 0.29) is 23.0 Å². The van der Waals surface area contributed by atoms with Gasteiger partial charge in [0, 0.05) is 22.7 Å². The van der Waals surface area contributed by atoms with Crippen LogP contribution in [0.2, 0.25) is 0 Å². The maximum absolute atomic E-state index is 12.6. The topological polar surface area (TPSA) is 88.2 Å². The maximum Gasteiger partial charge on any atom is 0.191 e. The van der Waals surface area contributed by atoms with Gasteiger partial charge in [0.1, 0.15) is 16.4 Å². The van der Waals surface area contributed by atoms with Crippen molar-refractivity contribution in [1.82, 2.24) is 14.8 Å². The number of Topliss-reactive ketones (excluding diaryl/α,β-unsaturated/α-hetero) is 1. The second-order valence-corrected chi connectivity index (χ2v) is 7.89. The summed E-state index contributed by atoms with van der Waals surface area (Å²) in [7, 11) is 1.83. The number of thiophene rings is 1. The average molecular weight is 397 g/mol. The highest BCUT2D eigenvalue weighted by Gasteiger charge is 2.19. The molecule has 2 aromatic heterocycles. The summed E-state index contributed by atoms with van der Waals surface area (Å²) in [5.41, 5.74) is 0.822. The first-order valence-corrected chi connectivity index (χ1v) is 9.90. The summed E-state index contributed by atoms with van der Waals surface area (Å²) in [6, 6.07) is 14.1. The molecule has 27 heavy (non-hydrogen) atoms. The van der Waals surface area contributed by atoms with Crippen LogP contribution in [0.3, 0.4) is 0 Å². The van der Waals surface area contributed by atoms with Gasteiger partial charge in [-0.3, -0.25) is 4.79 Å². The number of phenols is 1. The van der Waals surface area contributed by atoms with Crippen molar-refractivity contribution in [2.24, 2.45) is 7.05 Å². The first-order valence-electron chi connectivity index (χ1n) is 8.10. The summed E-state index contributed by atoms with van der Waals surface area (Å²) >= 11 is 2.57. The molecule has 0 spiro atoms. The highest BCUT2D eigenvalue weighted by molar-refractivity contribution is 7.99. The zero-order valence-electron chi connectivity index (χ0n) is 14.3. The number of benzene rings is 2. The van der Waals surface area contributed by atoms with E-state index in [4.69, 9.17) is 0 Å². The Bertz CT molecular complexity index is 1130. The third-order valence-electron chi connectivity index (χ3n) is 4.12. The fraction of sp³-hybridized carbons (Fsp3) is 0.105. The Morgan fingerprint density at radius 3 is 2.59 bits per heavy atom. The number of phenolic OH excluding ortho intramolecular Hbond substituents is 1. The number of hydrogen-bond donors (Lipinski definition) is 2. The van der Waals surface area contributed by atoms with Crippen molar-refractivity contribution in [2.45, 2.75) is 5.16 Å². The molecule has 0 saturated heterocycles. The first kappa shape index (κ1) is 17.6. The molecule has 136 valence electrons. The van der Waals surface area contributed by atoms with E-state index in [0.717, 1.165) is 10.3 Å². The van der Waals surface area contributed by atoms with Gasteiger partial charge in [0.2, 0.25) is 0 Å². The van der Waals surface area contributed by atoms with E-state index in [1.807, 2.05) is 25.2 Å². The molecule has 0 bridgehead atoms. The summed E-state index contributed by atoms with van der Waals surface area (Å²) in [4.78, 5) is 12.9. The number of carbonyl (C=O) groups excluding carboxylic acids is 1. The lowest BCUT2D eigenvalue weighted by molar-refractivity contribution is 0.102. The van der Waals surface area contributed by atoms with Crippen molar-refractivity contribution >= 4 is 39.0 Å². The molecule has 8 heteroatoms. The number of nitrogens with zero attached hydrogens (tertiary/aromatic N) is 3. The largest absolute Gasteiger partial charge is 0.508 e. The molecule has 6 nitrogen and oxygen atoms in total. The summed E-state index contributed by atoms with van der Waals surface area (Å²) in [6.45, 7) is 0. The highest BCUT2D eigenvalue weighted by Crippen LogP contribution is 2.37. The summed E-state index contributed by atoms with van der Waals surface area (Å²) in [5.74, 6) is 0.887. The van der Waals surface area contributed by atoms with Crippen LogP contribution in [-0.2, 0) is 7.05 Å². The Morgan fingerprint density at radius 1 is 1.11 bits per heavy atom. The number of thioether (sulfide) groups is 1. The normalized spacial score (nSPS) is 11.1. The van der Waals surface area contributed by atoms with Gasteiger partial charge in [-0.15, -0.1) is 21.5 Å². The molecular weight excluding hydrogens is 382 g/mol. The fourth-order valence-electron chi connectivity index (χ4n) is 2.72. The number of aromatic nitrogens is 3. The van der Waals surface area contributed by atoms with E-state index >= 15 is 0 Å². The molecule has 2 heterocycles. The molecule has 2 aromatic carbocycles. The Labute approximate surface area is 163 Å². The van der Waals surface area contributed by atoms with E-state index in [0.29, 0.717) is 21.2 Å². The zero-order chi connectivity index (χ0) is 19.0. The smallest absolute Gasteiger partial charge is 0.191 e. The maximum atomic E-state index is 12.6. The Morgan fingerprint density at radius 2 is 1.85 bits per heavy atom. The summed E-state index contributed by atoms with van der Waals surface area (Å²) < 4.78 is 2.69. The van der Waals surface area contributed by atoms with Crippen LogP contribution in [-0.4, -0.2) is 36.5 Å². The molecule has 0 fully saturated rings. The number of rotatable bonds is 5. The van der Waals surface area contributed by atoms with Gasteiger partial charge in [0.05, 0.1) is 5.75 Å². The third kappa shape index (κ3) is 3.29. The molecule has 0 atom stereocenters. The predicted molar refractivity (Wildman–Crippen MR) is 107 cm³/mol. The monoisotopic (exact) mass is 397 g/mol. The number of fused-ring (bicyclic) bond motifs is 1. The lowest BCUT2D eigenvalue weighted by Crippen LogP contribution is -2.02. The minimum atomic E-state index is -0.145. The second-order valence-electron chi connectivity index (χ2n) is 5.90. The van der Waals surface area contributed by atoms with E-state index in [1.165, 1.54) is 23.1 Å². The molecular formula is C19H15N3O3S2. The van der Waals surface area contributed by atoms with Gasteiger partial charge in [-0.25, -0.2) is 0 Å². The van der Waals surface area contributed by atoms with Gasteiger partial charge in [0.25, 0.3) is 0 Å². The van der Waals surface area contributed by atoms with Crippen LogP contribution in [0.15, 0.2) is 53.7 Å². The average Bonchev–Trinajstić information content (AvgIpc) is 3.21. The highest BCUT2D eigenvalue weighted by atomic mass is 32.2. The molecule has 0 saturated carbocycles. The van der Waals surface area contributed by atoms with Crippen molar-refractivity contribution in [3.63, 3.8) is 0 Å². The van der Waals surface area contributed by atoms with Gasteiger partial charge in [-0.05, 0) is 36.4 Å². The van der Waals surface area contributed by atoms with Crippen molar-refractivity contribution in [3.05, 3.63) is 53.4 Å². The van der Waals surface area contributed by atoms with E-state index in [2.05, 4.69) is 10.2 Å². The van der Waals surface area contributed by atoms with Gasteiger partial charge in [-0.2, -0.15) is 0 Å². The van der Waals surface area contributed by atoms with Crippen LogP contribution in [0.25, 0.3) is 21.5 Å². The molecule has 2 N–H and O–H groups in total. The lowest BCUT2D eigenvalue weighted by atomic mass is 10.2. The predicted octanol–water partition coefficient (Wildman–Crippen LogP) is 4.08. The molecule has 4 aromatic rings.